The van der Waals surface area contributed by atoms with Crippen LogP contribution in [-0.4, -0.2) is 50.1 Å². The zero-order chi connectivity index (χ0) is 16.9. The normalized spacial score (nSPS) is 19.1. The molecule has 1 aromatic rings. The highest BCUT2D eigenvalue weighted by Crippen LogP contribution is 2.17. The first-order valence-corrected chi connectivity index (χ1v) is 9.86. The Bertz CT molecular complexity index is 633. The van der Waals surface area contributed by atoms with Crippen molar-refractivity contribution in [3.63, 3.8) is 0 Å². The third kappa shape index (κ3) is 5.87. The number of carboxylic acid groups (broad SMARTS) is 1. The number of aliphatic carboxylic acids is 1. The summed E-state index contributed by atoms with van der Waals surface area (Å²) in [5, 5.41) is 8.61. The zero-order valence-electron chi connectivity index (χ0n) is 12.7. The van der Waals surface area contributed by atoms with Crippen LogP contribution in [0.25, 0.3) is 0 Å². The zero-order valence-corrected chi connectivity index (χ0v) is 15.1. The minimum absolute atomic E-state index is 0.0943. The van der Waals surface area contributed by atoms with E-state index in [2.05, 4.69) is 25.6 Å². The highest BCUT2D eigenvalue weighted by Gasteiger charge is 2.26. The second-order valence-corrected chi connectivity index (χ2v) is 8.34. The van der Waals surface area contributed by atoms with Crippen molar-refractivity contribution in [2.75, 3.05) is 19.6 Å². The Labute approximate surface area is 145 Å². The maximum atomic E-state index is 12.3. The summed E-state index contributed by atoms with van der Waals surface area (Å²) in [5.74, 6) is -0.772. The molecule has 2 N–H and O–H groups in total. The highest BCUT2D eigenvalue weighted by molar-refractivity contribution is 9.10. The quantitative estimate of drug-likeness (QED) is 0.647. The van der Waals surface area contributed by atoms with E-state index in [1.807, 2.05) is 0 Å². The Morgan fingerprint density at radius 2 is 2.00 bits per heavy atom. The predicted octanol–water partition coefficient (Wildman–Crippen LogP) is 2.06. The molecule has 1 heterocycles. The van der Waals surface area contributed by atoms with Crippen molar-refractivity contribution in [1.29, 1.82) is 0 Å². The number of hydrogen-bond donors (Lipinski definition) is 2. The molecule has 0 spiro atoms. The molecule has 8 heteroatoms. The molecule has 128 valence electrons. The van der Waals surface area contributed by atoms with Gasteiger partial charge in [0.2, 0.25) is 10.0 Å². The van der Waals surface area contributed by atoms with E-state index >= 15 is 0 Å². The summed E-state index contributed by atoms with van der Waals surface area (Å²) in [6.45, 7) is 2.31. The Balaban J connectivity index is 1.80. The molecule has 1 fully saturated rings. The molecule has 0 radical (unpaired) electrons. The minimum atomic E-state index is -3.50. The largest absolute Gasteiger partial charge is 0.481 e. The van der Waals surface area contributed by atoms with E-state index in [0.29, 0.717) is 13.0 Å². The molecule has 2 rings (SSSR count). The van der Waals surface area contributed by atoms with E-state index in [0.717, 1.165) is 30.4 Å². The van der Waals surface area contributed by atoms with Crippen LogP contribution in [0, 0.1) is 0 Å². The molecule has 1 aliphatic heterocycles. The Morgan fingerprint density at radius 1 is 1.30 bits per heavy atom. The summed E-state index contributed by atoms with van der Waals surface area (Å²) in [6.07, 6.45) is 2.43. The number of unbranched alkanes of at least 4 members (excludes halogenated alkanes) is 1. The Kier molecular flexibility index (Phi) is 6.58. The fraction of sp³-hybridized carbons (Fsp3) is 0.533. The lowest BCUT2D eigenvalue weighted by atomic mass is 10.2. The molecule has 23 heavy (non-hydrogen) atoms. The van der Waals surface area contributed by atoms with Gasteiger partial charge in [0.1, 0.15) is 0 Å². The van der Waals surface area contributed by atoms with E-state index in [1.165, 1.54) is 0 Å². The number of carbonyl (C=O) groups is 1. The summed E-state index contributed by atoms with van der Waals surface area (Å²) in [7, 11) is -3.50. The van der Waals surface area contributed by atoms with Crippen molar-refractivity contribution in [3.05, 3.63) is 28.7 Å². The Hall–Kier alpha value is -0.960. The van der Waals surface area contributed by atoms with Gasteiger partial charge >= 0.3 is 5.97 Å². The van der Waals surface area contributed by atoms with Gasteiger partial charge in [-0.25, -0.2) is 13.1 Å². The second-order valence-electron chi connectivity index (χ2n) is 5.71. The summed E-state index contributed by atoms with van der Waals surface area (Å²) in [4.78, 5) is 12.9. The van der Waals surface area contributed by atoms with Gasteiger partial charge in [0.25, 0.3) is 0 Å². The average Bonchev–Trinajstić information content (AvgIpc) is 2.90. The smallest absolute Gasteiger partial charge is 0.303 e. The van der Waals surface area contributed by atoms with E-state index in [4.69, 9.17) is 5.11 Å². The van der Waals surface area contributed by atoms with Crippen molar-refractivity contribution in [2.45, 2.75) is 36.6 Å². The van der Waals surface area contributed by atoms with Crippen LogP contribution in [0.1, 0.15) is 25.7 Å². The predicted molar refractivity (Wildman–Crippen MR) is 90.8 cm³/mol. The van der Waals surface area contributed by atoms with E-state index in [-0.39, 0.29) is 17.4 Å². The maximum Gasteiger partial charge on any atom is 0.303 e. The van der Waals surface area contributed by atoms with Gasteiger partial charge in [-0.1, -0.05) is 15.9 Å². The minimum Gasteiger partial charge on any atom is -0.481 e. The molecule has 0 saturated carbocycles. The first-order valence-electron chi connectivity index (χ1n) is 7.59. The number of halogens is 1. The number of nitrogens with zero attached hydrogens (tertiary/aromatic N) is 1. The molecule has 0 bridgehead atoms. The number of hydrogen-bond acceptors (Lipinski definition) is 4. The molecule has 1 aliphatic rings. The van der Waals surface area contributed by atoms with E-state index < -0.39 is 16.0 Å². The van der Waals surface area contributed by atoms with E-state index in [1.54, 1.807) is 24.3 Å². The highest BCUT2D eigenvalue weighted by atomic mass is 79.9. The van der Waals surface area contributed by atoms with Crippen LogP contribution in [-0.2, 0) is 14.8 Å². The number of nitrogens with one attached hydrogen (secondary N) is 1. The molecule has 0 aromatic heterocycles. The second kappa shape index (κ2) is 8.23. The van der Waals surface area contributed by atoms with Gasteiger partial charge in [0.05, 0.1) is 4.90 Å². The van der Waals surface area contributed by atoms with Crippen LogP contribution < -0.4 is 4.72 Å². The number of likely N-dealkylation sites (tertiary alicyclic amines) is 1. The summed E-state index contributed by atoms with van der Waals surface area (Å²) in [5.41, 5.74) is 0. The molecule has 0 amide bonds. The fourth-order valence-electron chi connectivity index (χ4n) is 2.64. The lowest BCUT2D eigenvalue weighted by Gasteiger charge is -2.16. The van der Waals surface area contributed by atoms with Gasteiger partial charge in [0, 0.05) is 23.5 Å². The average molecular weight is 405 g/mol. The Morgan fingerprint density at radius 3 is 2.65 bits per heavy atom. The van der Waals surface area contributed by atoms with Crippen molar-refractivity contribution in [1.82, 2.24) is 9.62 Å². The molecule has 1 atom stereocenters. The summed E-state index contributed by atoms with van der Waals surface area (Å²) >= 11 is 3.29. The van der Waals surface area contributed by atoms with Crippen molar-refractivity contribution < 1.29 is 18.3 Å². The SMILES string of the molecule is O=C(O)CCCCN1CCC(NS(=O)(=O)c2ccc(Br)cc2)C1. The monoisotopic (exact) mass is 404 g/mol. The van der Waals surface area contributed by atoms with Crippen LogP contribution in [0.15, 0.2) is 33.6 Å². The fourth-order valence-corrected chi connectivity index (χ4v) is 4.17. The number of rotatable bonds is 8. The van der Waals surface area contributed by atoms with Crippen LogP contribution in [0.4, 0.5) is 0 Å². The lowest BCUT2D eigenvalue weighted by molar-refractivity contribution is -0.137. The van der Waals surface area contributed by atoms with E-state index in [9.17, 15) is 13.2 Å². The number of carboxylic acids is 1. The molecule has 1 unspecified atom stereocenters. The molecule has 6 nitrogen and oxygen atoms in total. The third-order valence-electron chi connectivity index (χ3n) is 3.83. The van der Waals surface area contributed by atoms with Crippen LogP contribution in [0.3, 0.4) is 0 Å². The molecular weight excluding hydrogens is 384 g/mol. The van der Waals surface area contributed by atoms with Gasteiger partial charge in [-0.3, -0.25) is 4.79 Å². The first-order chi connectivity index (χ1) is 10.9. The van der Waals surface area contributed by atoms with Crippen molar-refractivity contribution >= 4 is 31.9 Å². The summed E-state index contributed by atoms with van der Waals surface area (Å²) in [6, 6.07) is 6.47. The van der Waals surface area contributed by atoms with Crippen LogP contribution in [0.2, 0.25) is 0 Å². The molecule has 0 aliphatic carbocycles. The number of benzene rings is 1. The summed E-state index contributed by atoms with van der Waals surface area (Å²) < 4.78 is 28.3. The van der Waals surface area contributed by atoms with Gasteiger partial charge in [0.15, 0.2) is 0 Å². The van der Waals surface area contributed by atoms with Gasteiger partial charge in [-0.2, -0.15) is 0 Å². The molecule has 1 saturated heterocycles. The maximum absolute atomic E-state index is 12.3. The van der Waals surface area contributed by atoms with Crippen molar-refractivity contribution in [3.8, 4) is 0 Å². The van der Waals surface area contributed by atoms with Crippen LogP contribution >= 0.6 is 15.9 Å². The molecular formula is C15H21BrN2O4S. The first kappa shape index (κ1) is 18.4. The topological polar surface area (TPSA) is 86.7 Å². The number of sulfonamides is 1. The lowest BCUT2D eigenvalue weighted by Crippen LogP contribution is -2.37. The van der Waals surface area contributed by atoms with Gasteiger partial charge in [-0.05, 0) is 56.6 Å². The molecule has 1 aromatic carbocycles. The van der Waals surface area contributed by atoms with Gasteiger partial charge in [-0.15, -0.1) is 0 Å². The standard InChI is InChI=1S/C15H21BrN2O4S/c16-12-4-6-14(7-5-12)23(21,22)17-13-8-10-18(11-13)9-2-1-3-15(19)20/h4-7,13,17H,1-3,8-11H2,(H,19,20). The third-order valence-corrected chi connectivity index (χ3v) is 5.90. The van der Waals surface area contributed by atoms with Gasteiger partial charge < -0.3 is 10.0 Å². The van der Waals surface area contributed by atoms with Crippen molar-refractivity contribution in [2.24, 2.45) is 0 Å². The van der Waals surface area contributed by atoms with Crippen LogP contribution in [0.5, 0.6) is 0 Å².